The number of hydrogen-bond donors (Lipinski definition) is 2. The molecule has 2 nitrogen and oxygen atoms in total. The molecule has 22 heavy (non-hydrogen) atoms. The first-order valence-electron chi connectivity index (χ1n) is 7.51. The molecule has 0 spiro atoms. The summed E-state index contributed by atoms with van der Waals surface area (Å²) < 4.78 is 1.10. The Morgan fingerprint density at radius 2 is 1.68 bits per heavy atom. The van der Waals surface area contributed by atoms with Gasteiger partial charge in [0.2, 0.25) is 0 Å². The van der Waals surface area contributed by atoms with Crippen LogP contribution in [0.1, 0.15) is 30.9 Å². The zero-order valence-electron chi connectivity index (χ0n) is 12.9. The van der Waals surface area contributed by atoms with E-state index in [-0.39, 0.29) is 0 Å². The third-order valence-electron chi connectivity index (χ3n) is 3.45. The van der Waals surface area contributed by atoms with Gasteiger partial charge in [0.25, 0.3) is 0 Å². The molecule has 0 amide bonds. The van der Waals surface area contributed by atoms with E-state index in [1.165, 1.54) is 24.0 Å². The van der Waals surface area contributed by atoms with Gasteiger partial charge in [-0.15, -0.1) is 0 Å². The lowest BCUT2D eigenvalue weighted by atomic mass is 10.1. The van der Waals surface area contributed by atoms with Crippen molar-refractivity contribution in [3.05, 3.63) is 58.1 Å². The van der Waals surface area contributed by atoms with E-state index < -0.39 is 0 Å². The molecule has 0 radical (unpaired) electrons. The summed E-state index contributed by atoms with van der Waals surface area (Å²) in [6.07, 6.45) is 3.59. The maximum absolute atomic E-state index is 5.36. The molecule has 4 heteroatoms. The van der Waals surface area contributed by atoms with Gasteiger partial charge in [0, 0.05) is 15.8 Å². The first-order chi connectivity index (χ1) is 10.6. The van der Waals surface area contributed by atoms with E-state index in [2.05, 4.69) is 70.7 Å². The Morgan fingerprint density at radius 1 is 1.05 bits per heavy atom. The van der Waals surface area contributed by atoms with Crippen LogP contribution >= 0.6 is 28.1 Å². The van der Waals surface area contributed by atoms with Crippen LogP contribution in [0.2, 0.25) is 0 Å². The van der Waals surface area contributed by atoms with E-state index in [9.17, 15) is 0 Å². The number of nitrogens with one attached hydrogen (secondary N) is 2. The van der Waals surface area contributed by atoms with E-state index in [1.54, 1.807) is 0 Å². The van der Waals surface area contributed by atoms with Gasteiger partial charge in [-0.1, -0.05) is 41.4 Å². The monoisotopic (exact) mass is 376 g/mol. The fourth-order valence-corrected chi connectivity index (χ4v) is 2.63. The Kier molecular flexibility index (Phi) is 6.40. The minimum atomic E-state index is 0.600. The molecule has 0 saturated carbocycles. The average Bonchev–Trinajstić information content (AvgIpc) is 2.50. The Morgan fingerprint density at radius 3 is 2.32 bits per heavy atom. The molecule has 0 aliphatic rings. The van der Waals surface area contributed by atoms with Crippen molar-refractivity contribution in [2.24, 2.45) is 0 Å². The van der Waals surface area contributed by atoms with Crippen molar-refractivity contribution in [3.63, 3.8) is 0 Å². The average molecular weight is 377 g/mol. The molecule has 0 unspecified atom stereocenters. The second-order valence-electron chi connectivity index (χ2n) is 5.34. The van der Waals surface area contributed by atoms with Crippen LogP contribution in [0.5, 0.6) is 0 Å². The number of unbranched alkanes of at least 4 members (excludes halogenated alkanes) is 1. The Labute approximate surface area is 146 Å². The number of hydrogen-bond acceptors (Lipinski definition) is 1. The number of rotatable bonds is 5. The molecule has 0 heterocycles. The summed E-state index contributed by atoms with van der Waals surface area (Å²) >= 11 is 8.86. The van der Waals surface area contributed by atoms with Gasteiger partial charge in [-0.2, -0.15) is 0 Å². The van der Waals surface area contributed by atoms with Crippen molar-refractivity contribution in [1.82, 2.24) is 0 Å². The second kappa shape index (κ2) is 8.30. The highest BCUT2D eigenvalue weighted by atomic mass is 79.9. The third-order valence-corrected chi connectivity index (χ3v) is 4.54. The molecule has 0 atom stereocenters. The predicted octanol–water partition coefficient (Wildman–Crippen LogP) is 5.91. The van der Waals surface area contributed by atoms with E-state index in [4.69, 9.17) is 12.2 Å². The topological polar surface area (TPSA) is 24.1 Å². The standard InChI is InChI=1S/C18H21BrN2S/c1-3-4-5-14-6-8-15(9-7-14)20-18(22)21-16-10-11-17(19)13(2)12-16/h6-12H,3-5H2,1-2H3,(H2,20,21,22). The van der Waals surface area contributed by atoms with Gasteiger partial charge in [-0.3, -0.25) is 0 Å². The number of thiocarbonyl (C=S) groups is 1. The van der Waals surface area contributed by atoms with Gasteiger partial charge in [0.05, 0.1) is 0 Å². The van der Waals surface area contributed by atoms with Crippen LogP contribution in [0.15, 0.2) is 46.9 Å². The van der Waals surface area contributed by atoms with Gasteiger partial charge < -0.3 is 10.6 Å². The molecule has 2 aromatic rings. The lowest BCUT2D eigenvalue weighted by molar-refractivity contribution is 0.795. The predicted molar refractivity (Wildman–Crippen MR) is 104 cm³/mol. The third kappa shape index (κ3) is 5.11. The van der Waals surface area contributed by atoms with Crippen molar-refractivity contribution in [3.8, 4) is 0 Å². The minimum absolute atomic E-state index is 0.600. The number of benzene rings is 2. The smallest absolute Gasteiger partial charge is 0.175 e. The van der Waals surface area contributed by atoms with Gasteiger partial charge in [0.15, 0.2) is 5.11 Å². The van der Waals surface area contributed by atoms with Crippen LogP contribution in [0.4, 0.5) is 11.4 Å². The molecule has 0 aliphatic heterocycles. The highest BCUT2D eigenvalue weighted by Crippen LogP contribution is 2.20. The summed E-state index contributed by atoms with van der Waals surface area (Å²) in [6, 6.07) is 14.5. The second-order valence-corrected chi connectivity index (χ2v) is 6.61. The first kappa shape index (κ1) is 17.0. The summed E-state index contributed by atoms with van der Waals surface area (Å²) in [6.45, 7) is 4.27. The van der Waals surface area contributed by atoms with Crippen LogP contribution in [0.3, 0.4) is 0 Å². The van der Waals surface area contributed by atoms with Crippen molar-refractivity contribution in [2.45, 2.75) is 33.1 Å². The molecule has 0 aliphatic carbocycles. The normalized spacial score (nSPS) is 10.3. The van der Waals surface area contributed by atoms with Crippen molar-refractivity contribution in [2.75, 3.05) is 10.6 Å². The first-order valence-corrected chi connectivity index (χ1v) is 8.71. The highest BCUT2D eigenvalue weighted by Gasteiger charge is 2.01. The summed E-state index contributed by atoms with van der Waals surface area (Å²) in [4.78, 5) is 0. The zero-order chi connectivity index (χ0) is 15.9. The lowest BCUT2D eigenvalue weighted by Crippen LogP contribution is -2.19. The molecule has 2 N–H and O–H groups in total. The van der Waals surface area contributed by atoms with Crippen LogP contribution in [0, 0.1) is 6.92 Å². The highest BCUT2D eigenvalue weighted by molar-refractivity contribution is 9.10. The molecule has 0 saturated heterocycles. The maximum Gasteiger partial charge on any atom is 0.175 e. The quantitative estimate of drug-likeness (QED) is 0.634. The van der Waals surface area contributed by atoms with Crippen LogP contribution in [-0.2, 0) is 6.42 Å². The summed E-state index contributed by atoms with van der Waals surface area (Å²) in [5, 5.41) is 7.02. The van der Waals surface area contributed by atoms with Gasteiger partial charge in [0.1, 0.15) is 0 Å². The number of halogens is 1. The van der Waals surface area contributed by atoms with Crippen LogP contribution in [0.25, 0.3) is 0 Å². The Balaban J connectivity index is 1.92. The SMILES string of the molecule is CCCCc1ccc(NC(=S)Nc2ccc(Br)c(C)c2)cc1. The Bertz CT molecular complexity index is 638. The summed E-state index contributed by atoms with van der Waals surface area (Å²) in [5.74, 6) is 0. The molecule has 0 bridgehead atoms. The lowest BCUT2D eigenvalue weighted by Gasteiger charge is -2.12. The Hall–Kier alpha value is -1.39. The van der Waals surface area contributed by atoms with E-state index in [0.29, 0.717) is 5.11 Å². The largest absolute Gasteiger partial charge is 0.332 e. The van der Waals surface area contributed by atoms with Crippen LogP contribution in [-0.4, -0.2) is 5.11 Å². The summed E-state index contributed by atoms with van der Waals surface area (Å²) in [7, 11) is 0. The van der Waals surface area contributed by atoms with Crippen LogP contribution < -0.4 is 10.6 Å². The van der Waals surface area contributed by atoms with Crippen molar-refractivity contribution >= 4 is 44.6 Å². The molecule has 116 valence electrons. The van der Waals surface area contributed by atoms with Gasteiger partial charge in [-0.05, 0) is 73.4 Å². The fraction of sp³-hybridized carbons (Fsp3) is 0.278. The summed E-state index contributed by atoms with van der Waals surface area (Å²) in [5.41, 5.74) is 4.53. The zero-order valence-corrected chi connectivity index (χ0v) is 15.4. The van der Waals surface area contributed by atoms with E-state index in [0.717, 1.165) is 22.3 Å². The molecule has 2 aromatic carbocycles. The minimum Gasteiger partial charge on any atom is -0.332 e. The number of anilines is 2. The molecule has 0 aromatic heterocycles. The van der Waals surface area contributed by atoms with Crippen molar-refractivity contribution in [1.29, 1.82) is 0 Å². The fourth-order valence-electron chi connectivity index (χ4n) is 2.15. The van der Waals surface area contributed by atoms with Gasteiger partial charge >= 0.3 is 0 Å². The number of aryl methyl sites for hydroxylation is 2. The van der Waals surface area contributed by atoms with Crippen molar-refractivity contribution < 1.29 is 0 Å². The molecule has 0 fully saturated rings. The molecule has 2 rings (SSSR count). The maximum atomic E-state index is 5.36. The van der Waals surface area contributed by atoms with E-state index >= 15 is 0 Å². The molecular weight excluding hydrogens is 356 g/mol. The van der Waals surface area contributed by atoms with E-state index in [1.807, 2.05) is 12.1 Å². The van der Waals surface area contributed by atoms with Gasteiger partial charge in [-0.25, -0.2) is 0 Å². The molecular formula is C18H21BrN2S.